The molecule has 0 unspecified atom stereocenters. The number of hydrogen-bond acceptors (Lipinski definition) is 2. The summed E-state index contributed by atoms with van der Waals surface area (Å²) in [5, 5.41) is 0. The van der Waals surface area contributed by atoms with Crippen LogP contribution < -0.4 is 57.1 Å². The van der Waals surface area contributed by atoms with Crippen LogP contribution in [0.1, 0.15) is 5.56 Å². The zero-order valence-corrected chi connectivity index (χ0v) is 12.6. The molecular formula is C8H10BF3KNS. The number of rotatable bonds is 3. The predicted octanol–water partition coefficient (Wildman–Crippen LogP) is 0.0599. The molecule has 0 aliphatic heterocycles. The number of benzene rings is 1. The third kappa shape index (κ3) is 6.23. The fourth-order valence-corrected chi connectivity index (χ4v) is 1.73. The van der Waals surface area contributed by atoms with Gasteiger partial charge in [0, 0.05) is 10.6 Å². The number of anilines is 1. The molecule has 0 atom stereocenters. The van der Waals surface area contributed by atoms with Crippen molar-refractivity contribution in [1.82, 2.24) is 0 Å². The van der Waals surface area contributed by atoms with Crippen LogP contribution in [-0.2, 0) is 0 Å². The summed E-state index contributed by atoms with van der Waals surface area (Å²) in [7, 11) is 0. The predicted molar refractivity (Wildman–Crippen MR) is 55.4 cm³/mol. The molecule has 0 aromatic heterocycles. The van der Waals surface area contributed by atoms with Crippen LogP contribution in [0.3, 0.4) is 0 Å². The second kappa shape index (κ2) is 6.56. The number of nitrogen functional groups attached to an aromatic ring is 1. The molecule has 0 aliphatic rings. The van der Waals surface area contributed by atoms with Crippen molar-refractivity contribution in [2.45, 2.75) is 11.8 Å². The van der Waals surface area contributed by atoms with E-state index in [2.05, 4.69) is 0 Å². The SMILES string of the molecule is Cc1cc(SC[B-](F)(F)F)ccc1N.[K+]. The number of thioether (sulfide) groups is 1. The monoisotopic (exact) mass is 259 g/mol. The molecule has 1 rings (SSSR count). The van der Waals surface area contributed by atoms with Gasteiger partial charge in [0.15, 0.2) is 0 Å². The Hall–Kier alpha value is 0.861. The number of aryl methyl sites for hydroxylation is 1. The molecule has 2 N–H and O–H groups in total. The molecule has 0 saturated carbocycles. The number of hydrogen-bond donors (Lipinski definition) is 1. The molecule has 0 amide bonds. The van der Waals surface area contributed by atoms with Gasteiger partial charge in [0.1, 0.15) is 0 Å². The Morgan fingerprint density at radius 3 is 2.40 bits per heavy atom. The molecule has 7 heteroatoms. The van der Waals surface area contributed by atoms with E-state index in [1.807, 2.05) is 0 Å². The third-order valence-electron chi connectivity index (χ3n) is 1.68. The van der Waals surface area contributed by atoms with Crippen molar-refractivity contribution >= 4 is 24.4 Å². The molecule has 78 valence electrons. The van der Waals surface area contributed by atoms with Crippen LogP contribution in [0, 0.1) is 6.92 Å². The van der Waals surface area contributed by atoms with Crippen LogP contribution in [0.15, 0.2) is 23.1 Å². The Kier molecular flexibility index (Phi) is 6.94. The standard InChI is InChI=1S/C8H10BF3NS.K/c1-6-4-7(2-3-8(6)13)14-5-9(10,11)12;/h2-4H,5,13H2,1H3;/q-1;+1. The van der Waals surface area contributed by atoms with Gasteiger partial charge in [-0.25, -0.2) is 0 Å². The van der Waals surface area contributed by atoms with E-state index in [1.165, 1.54) is 0 Å². The Balaban J connectivity index is 0.00000196. The molecule has 0 spiro atoms. The molecule has 0 heterocycles. The van der Waals surface area contributed by atoms with E-state index in [0.29, 0.717) is 10.6 Å². The van der Waals surface area contributed by atoms with Crippen LogP contribution in [0.25, 0.3) is 0 Å². The Morgan fingerprint density at radius 1 is 1.33 bits per heavy atom. The molecule has 1 nitrogen and oxygen atoms in total. The van der Waals surface area contributed by atoms with E-state index in [1.54, 1.807) is 25.1 Å². The number of nitrogens with two attached hydrogens (primary N) is 1. The van der Waals surface area contributed by atoms with Gasteiger partial charge in [-0.3, -0.25) is 0 Å². The first kappa shape index (κ1) is 15.9. The summed E-state index contributed by atoms with van der Waals surface area (Å²) in [6.07, 6.45) is 0. The minimum atomic E-state index is -4.72. The fraction of sp³-hybridized carbons (Fsp3) is 0.250. The van der Waals surface area contributed by atoms with Gasteiger partial charge < -0.3 is 18.7 Å². The second-order valence-electron chi connectivity index (χ2n) is 3.04. The van der Waals surface area contributed by atoms with Crippen LogP contribution >= 0.6 is 11.8 Å². The van der Waals surface area contributed by atoms with E-state index in [0.717, 1.165) is 17.3 Å². The van der Waals surface area contributed by atoms with Crippen molar-refractivity contribution in [3.8, 4) is 0 Å². The zero-order chi connectivity index (χ0) is 10.8. The summed E-state index contributed by atoms with van der Waals surface area (Å²) in [5.41, 5.74) is 6.15. The fourth-order valence-electron chi connectivity index (χ4n) is 0.929. The maximum absolute atomic E-state index is 11.9. The van der Waals surface area contributed by atoms with Crippen molar-refractivity contribution < 1.29 is 64.3 Å². The summed E-state index contributed by atoms with van der Waals surface area (Å²) in [5.74, 6) is 0. The van der Waals surface area contributed by atoms with Gasteiger partial charge in [0.25, 0.3) is 0 Å². The summed E-state index contributed by atoms with van der Waals surface area (Å²) >= 11 is 0.797. The number of halogens is 3. The van der Waals surface area contributed by atoms with E-state index < -0.39 is 12.6 Å². The maximum Gasteiger partial charge on any atom is 1.00 e. The van der Waals surface area contributed by atoms with Crippen molar-refractivity contribution in [2.75, 3.05) is 11.4 Å². The minimum absolute atomic E-state index is 0. The van der Waals surface area contributed by atoms with Crippen LogP contribution in [-0.4, -0.2) is 12.6 Å². The van der Waals surface area contributed by atoms with E-state index in [9.17, 15) is 12.9 Å². The molecule has 0 aliphatic carbocycles. The summed E-state index contributed by atoms with van der Waals surface area (Å²) in [6, 6.07) is 4.90. The second-order valence-corrected chi connectivity index (χ2v) is 4.13. The van der Waals surface area contributed by atoms with E-state index in [-0.39, 0.29) is 51.4 Å². The largest absolute Gasteiger partial charge is 1.00 e. The van der Waals surface area contributed by atoms with E-state index >= 15 is 0 Å². The molecule has 0 radical (unpaired) electrons. The van der Waals surface area contributed by atoms with Gasteiger partial charge >= 0.3 is 58.4 Å². The van der Waals surface area contributed by atoms with Gasteiger partial charge in [-0.2, -0.15) is 11.8 Å². The Labute approximate surface area is 134 Å². The molecular weight excluding hydrogens is 249 g/mol. The third-order valence-corrected chi connectivity index (χ3v) is 2.81. The Bertz CT molecular complexity index is 332. The maximum atomic E-state index is 11.9. The average molecular weight is 259 g/mol. The first-order valence-electron chi connectivity index (χ1n) is 4.08. The quantitative estimate of drug-likeness (QED) is 0.472. The summed E-state index contributed by atoms with van der Waals surface area (Å²) in [6.45, 7) is -2.94. The topological polar surface area (TPSA) is 26.0 Å². The summed E-state index contributed by atoms with van der Waals surface area (Å²) in [4.78, 5) is 0.607. The first-order chi connectivity index (χ1) is 6.38. The van der Waals surface area contributed by atoms with Crippen LogP contribution in [0.2, 0.25) is 0 Å². The first-order valence-corrected chi connectivity index (χ1v) is 5.07. The van der Waals surface area contributed by atoms with Gasteiger partial charge in [0.2, 0.25) is 0 Å². The van der Waals surface area contributed by atoms with Gasteiger partial charge in [-0.15, -0.1) is 0 Å². The van der Waals surface area contributed by atoms with Crippen molar-refractivity contribution in [3.63, 3.8) is 0 Å². The molecule has 15 heavy (non-hydrogen) atoms. The normalized spacial score (nSPS) is 10.9. The van der Waals surface area contributed by atoms with Crippen molar-refractivity contribution in [3.05, 3.63) is 23.8 Å². The van der Waals surface area contributed by atoms with E-state index in [4.69, 9.17) is 5.73 Å². The van der Waals surface area contributed by atoms with Crippen LogP contribution in [0.4, 0.5) is 18.6 Å². The molecule has 1 aromatic rings. The molecule has 0 fully saturated rings. The summed E-state index contributed by atoms with van der Waals surface area (Å²) < 4.78 is 35.8. The van der Waals surface area contributed by atoms with Gasteiger partial charge in [-0.1, -0.05) is 0 Å². The molecule has 0 bridgehead atoms. The Morgan fingerprint density at radius 2 is 1.93 bits per heavy atom. The van der Waals surface area contributed by atoms with Gasteiger partial charge in [0.05, 0.1) is 0 Å². The molecule has 0 saturated heterocycles. The zero-order valence-electron chi connectivity index (χ0n) is 8.64. The average Bonchev–Trinajstić information content (AvgIpc) is 2.06. The van der Waals surface area contributed by atoms with Crippen molar-refractivity contribution in [2.24, 2.45) is 0 Å². The molecule has 1 aromatic carbocycles. The van der Waals surface area contributed by atoms with Crippen molar-refractivity contribution in [1.29, 1.82) is 0 Å². The van der Waals surface area contributed by atoms with Crippen LogP contribution in [0.5, 0.6) is 0 Å². The smallest absolute Gasteiger partial charge is 0.448 e. The van der Waals surface area contributed by atoms with Gasteiger partial charge in [-0.05, 0) is 36.3 Å². The minimum Gasteiger partial charge on any atom is -0.448 e.